The largest absolute Gasteiger partial charge is 0.390 e. The Hall–Kier alpha value is -0.820. The van der Waals surface area contributed by atoms with Crippen LogP contribution in [0.5, 0.6) is 0 Å². The van der Waals surface area contributed by atoms with Crippen LogP contribution in [0.1, 0.15) is 0 Å². The molecule has 0 spiro atoms. The highest BCUT2D eigenvalue weighted by Gasteiger charge is 2.19. The van der Waals surface area contributed by atoms with Gasteiger partial charge < -0.3 is 28.9 Å². The van der Waals surface area contributed by atoms with Gasteiger partial charge in [-0.3, -0.25) is 0 Å². The highest BCUT2D eigenvalue weighted by Crippen LogP contribution is 2.04. The number of carbonyl (C=O) groups excluding carboxylic acids is 2. The van der Waals surface area contributed by atoms with E-state index in [-0.39, 0.29) is 32.3 Å². The summed E-state index contributed by atoms with van der Waals surface area (Å²) in [7, 11) is 2.93. The molecule has 0 bridgehead atoms. The van der Waals surface area contributed by atoms with Gasteiger partial charge in [0.05, 0.1) is 44.4 Å². The molecule has 0 amide bonds. The fourth-order valence-corrected chi connectivity index (χ4v) is 1.23. The third kappa shape index (κ3) is 7.17. The Morgan fingerprint density at radius 1 is 1.00 bits per heavy atom. The van der Waals surface area contributed by atoms with Crippen LogP contribution in [0.15, 0.2) is 0 Å². The number of hydrogen-bond donors (Lipinski definition) is 1. The van der Waals surface area contributed by atoms with Gasteiger partial charge in [-0.25, -0.2) is 0 Å². The third-order valence-corrected chi connectivity index (χ3v) is 2.22. The standard InChI is InChI=1S/C11H20O6/c1-15-5-9(3-12)6-17-7-10(4-13)11(14)8-16-2/h3-4,9-11,14H,5-8H2,1-2H3. The van der Waals surface area contributed by atoms with Crippen LogP contribution in [0.4, 0.5) is 0 Å². The molecule has 0 aromatic heterocycles. The molecule has 0 radical (unpaired) electrons. The van der Waals surface area contributed by atoms with Crippen LogP contribution in [0, 0.1) is 11.8 Å². The second-order valence-electron chi connectivity index (χ2n) is 3.71. The van der Waals surface area contributed by atoms with E-state index < -0.39 is 12.0 Å². The van der Waals surface area contributed by atoms with E-state index in [1.165, 1.54) is 14.2 Å². The van der Waals surface area contributed by atoms with Gasteiger partial charge in [0.2, 0.25) is 0 Å². The van der Waals surface area contributed by atoms with Gasteiger partial charge in [0.15, 0.2) is 0 Å². The minimum absolute atomic E-state index is 0.0576. The maximum absolute atomic E-state index is 10.7. The Kier molecular flexibility index (Phi) is 9.84. The summed E-state index contributed by atoms with van der Waals surface area (Å²) in [5.41, 5.74) is 0. The van der Waals surface area contributed by atoms with Gasteiger partial charge in [-0.05, 0) is 0 Å². The molecule has 0 aliphatic carbocycles. The van der Waals surface area contributed by atoms with Crippen LogP contribution in [0.3, 0.4) is 0 Å². The molecule has 1 N–H and O–H groups in total. The molecule has 17 heavy (non-hydrogen) atoms. The van der Waals surface area contributed by atoms with E-state index in [0.29, 0.717) is 6.29 Å². The van der Waals surface area contributed by atoms with Crippen molar-refractivity contribution in [3.8, 4) is 0 Å². The average Bonchev–Trinajstić information content (AvgIpc) is 2.33. The number of ether oxygens (including phenoxy) is 3. The Balaban J connectivity index is 3.89. The summed E-state index contributed by atoms with van der Waals surface area (Å²) in [6.07, 6.45) is 0.468. The Morgan fingerprint density at radius 2 is 1.65 bits per heavy atom. The first kappa shape index (κ1) is 16.2. The summed E-state index contributed by atoms with van der Waals surface area (Å²) in [6, 6.07) is 0. The average molecular weight is 248 g/mol. The molecular weight excluding hydrogens is 228 g/mol. The summed E-state index contributed by atoms with van der Waals surface area (Å²) in [6.45, 7) is 0.571. The van der Waals surface area contributed by atoms with Crippen LogP contribution < -0.4 is 0 Å². The van der Waals surface area contributed by atoms with Gasteiger partial charge in [-0.15, -0.1) is 0 Å². The number of rotatable bonds is 11. The maximum atomic E-state index is 10.7. The van der Waals surface area contributed by atoms with Crippen molar-refractivity contribution in [1.82, 2.24) is 0 Å². The number of aldehydes is 2. The van der Waals surface area contributed by atoms with Crippen molar-refractivity contribution in [1.29, 1.82) is 0 Å². The molecule has 0 saturated carbocycles. The van der Waals surface area contributed by atoms with Crippen molar-refractivity contribution in [3.05, 3.63) is 0 Å². The van der Waals surface area contributed by atoms with E-state index >= 15 is 0 Å². The fourth-order valence-electron chi connectivity index (χ4n) is 1.23. The molecule has 0 aliphatic rings. The number of carbonyl (C=O) groups is 2. The summed E-state index contributed by atoms with van der Waals surface area (Å²) in [5, 5.41) is 9.50. The Bertz CT molecular complexity index is 208. The van der Waals surface area contributed by atoms with Crippen molar-refractivity contribution in [3.63, 3.8) is 0 Å². The second-order valence-corrected chi connectivity index (χ2v) is 3.71. The Labute approximate surface area is 101 Å². The zero-order chi connectivity index (χ0) is 13.1. The first-order valence-electron chi connectivity index (χ1n) is 5.33. The first-order chi connectivity index (χ1) is 8.19. The fraction of sp³-hybridized carbons (Fsp3) is 0.818. The summed E-state index contributed by atoms with van der Waals surface area (Å²) in [5.74, 6) is -1.00. The number of hydrogen-bond acceptors (Lipinski definition) is 6. The first-order valence-corrected chi connectivity index (χ1v) is 5.33. The van der Waals surface area contributed by atoms with Crippen molar-refractivity contribution in [2.45, 2.75) is 6.10 Å². The molecule has 0 aromatic carbocycles. The maximum Gasteiger partial charge on any atom is 0.128 e. The van der Waals surface area contributed by atoms with Crippen LogP contribution in [0.25, 0.3) is 0 Å². The van der Waals surface area contributed by atoms with Gasteiger partial charge >= 0.3 is 0 Å². The highest BCUT2D eigenvalue weighted by molar-refractivity contribution is 5.55. The van der Waals surface area contributed by atoms with Crippen LogP contribution >= 0.6 is 0 Å². The molecule has 0 aromatic rings. The normalized spacial score (nSPS) is 16.2. The Morgan fingerprint density at radius 3 is 2.12 bits per heavy atom. The minimum Gasteiger partial charge on any atom is -0.390 e. The van der Waals surface area contributed by atoms with Gasteiger partial charge in [-0.2, -0.15) is 0 Å². The molecule has 3 unspecified atom stereocenters. The van der Waals surface area contributed by atoms with Crippen LogP contribution in [0.2, 0.25) is 0 Å². The summed E-state index contributed by atoms with van der Waals surface area (Å²) in [4.78, 5) is 21.3. The molecule has 3 atom stereocenters. The molecular formula is C11H20O6. The summed E-state index contributed by atoms with van der Waals surface area (Å²) < 4.78 is 14.7. The predicted molar refractivity (Wildman–Crippen MR) is 59.7 cm³/mol. The lowest BCUT2D eigenvalue weighted by atomic mass is 10.1. The molecule has 0 aliphatic heterocycles. The molecule has 100 valence electrons. The SMILES string of the molecule is COCC(C=O)COCC(C=O)C(O)COC. The molecule has 6 heteroatoms. The van der Waals surface area contributed by atoms with Gasteiger partial charge in [0.1, 0.15) is 12.6 Å². The molecule has 0 saturated heterocycles. The topological polar surface area (TPSA) is 82.1 Å². The quantitative estimate of drug-likeness (QED) is 0.486. The van der Waals surface area contributed by atoms with E-state index in [9.17, 15) is 14.7 Å². The van der Waals surface area contributed by atoms with E-state index in [1.54, 1.807) is 0 Å². The van der Waals surface area contributed by atoms with Gasteiger partial charge in [0, 0.05) is 14.2 Å². The monoisotopic (exact) mass is 248 g/mol. The van der Waals surface area contributed by atoms with Crippen molar-refractivity contribution in [2.24, 2.45) is 11.8 Å². The molecule has 6 nitrogen and oxygen atoms in total. The lowest BCUT2D eigenvalue weighted by Gasteiger charge is -2.18. The van der Waals surface area contributed by atoms with Gasteiger partial charge in [0.25, 0.3) is 0 Å². The van der Waals surface area contributed by atoms with Crippen molar-refractivity contribution in [2.75, 3.05) is 40.6 Å². The summed E-state index contributed by atoms with van der Waals surface area (Å²) >= 11 is 0. The van der Waals surface area contributed by atoms with Crippen molar-refractivity contribution < 1.29 is 28.9 Å². The highest BCUT2D eigenvalue weighted by atomic mass is 16.5. The minimum atomic E-state index is -0.894. The van der Waals surface area contributed by atoms with E-state index in [0.717, 1.165) is 6.29 Å². The van der Waals surface area contributed by atoms with E-state index in [4.69, 9.17) is 14.2 Å². The number of aliphatic hydroxyl groups is 1. The van der Waals surface area contributed by atoms with Crippen LogP contribution in [-0.2, 0) is 23.8 Å². The number of methoxy groups -OCH3 is 2. The lowest BCUT2D eigenvalue weighted by molar-refractivity contribution is -0.120. The third-order valence-electron chi connectivity index (χ3n) is 2.22. The zero-order valence-electron chi connectivity index (χ0n) is 10.2. The van der Waals surface area contributed by atoms with Crippen LogP contribution in [-0.4, -0.2) is 64.4 Å². The second kappa shape index (κ2) is 10.3. The molecule has 0 fully saturated rings. The molecule has 0 heterocycles. The van der Waals surface area contributed by atoms with Crippen molar-refractivity contribution >= 4 is 12.6 Å². The van der Waals surface area contributed by atoms with E-state index in [1.807, 2.05) is 0 Å². The van der Waals surface area contributed by atoms with Gasteiger partial charge in [-0.1, -0.05) is 0 Å². The van der Waals surface area contributed by atoms with E-state index in [2.05, 4.69) is 0 Å². The smallest absolute Gasteiger partial charge is 0.128 e. The predicted octanol–water partition coefficient (Wildman–Crippen LogP) is -0.713. The zero-order valence-corrected chi connectivity index (χ0v) is 10.2. The number of aliphatic hydroxyl groups excluding tert-OH is 1. The molecule has 0 rings (SSSR count). The lowest BCUT2D eigenvalue weighted by Crippen LogP contribution is -2.31.